The van der Waals surface area contributed by atoms with E-state index in [1.54, 1.807) is 0 Å². The molecule has 1 amide bonds. The number of halogens is 2. The fourth-order valence-corrected chi connectivity index (χ4v) is 3.61. The smallest absolute Gasteiger partial charge is 0.226 e. The molecule has 22 heavy (non-hydrogen) atoms. The highest BCUT2D eigenvalue weighted by molar-refractivity contribution is 5.85. The molecule has 0 aromatic carbocycles. The van der Waals surface area contributed by atoms with Gasteiger partial charge in [0.25, 0.3) is 0 Å². The summed E-state index contributed by atoms with van der Waals surface area (Å²) in [4.78, 5) is 19.0. The summed E-state index contributed by atoms with van der Waals surface area (Å²) in [7, 11) is 0. The second-order valence-corrected chi connectivity index (χ2v) is 6.22. The van der Waals surface area contributed by atoms with E-state index in [4.69, 9.17) is 5.73 Å². The van der Waals surface area contributed by atoms with Crippen LogP contribution in [0.3, 0.4) is 0 Å². The number of imidazole rings is 1. The van der Waals surface area contributed by atoms with Crippen molar-refractivity contribution in [3.63, 3.8) is 0 Å². The lowest BCUT2D eigenvalue weighted by atomic mass is 10.1. The van der Waals surface area contributed by atoms with Crippen LogP contribution in [0, 0.1) is 12.8 Å². The molecule has 0 spiro atoms. The summed E-state index contributed by atoms with van der Waals surface area (Å²) in [6.45, 7) is 3.79. The lowest BCUT2D eigenvalue weighted by molar-refractivity contribution is -0.136. The van der Waals surface area contributed by atoms with Crippen LogP contribution in [0.5, 0.6) is 0 Å². The second-order valence-electron chi connectivity index (χ2n) is 6.22. The van der Waals surface area contributed by atoms with Gasteiger partial charge in [-0.1, -0.05) is 0 Å². The first kappa shape index (κ1) is 19.3. The minimum Gasteiger partial charge on any atom is -0.338 e. The lowest BCUT2D eigenvalue weighted by Gasteiger charge is -2.28. The fraction of sp³-hybridized carbons (Fsp3) is 0.733. The van der Waals surface area contributed by atoms with Gasteiger partial charge in [0.05, 0.1) is 0 Å². The number of aryl methyl sites for hydroxylation is 1. The normalized spacial score (nSPS) is 27.4. The van der Waals surface area contributed by atoms with Gasteiger partial charge in [-0.05, 0) is 39.0 Å². The average molecular weight is 349 g/mol. The number of carbonyl (C=O) groups excluding carboxylic acids is 1. The molecule has 0 bridgehead atoms. The van der Waals surface area contributed by atoms with E-state index in [0.29, 0.717) is 11.9 Å². The Kier molecular flexibility index (Phi) is 7.16. The maximum atomic E-state index is 12.7. The Morgan fingerprint density at radius 1 is 1.36 bits per heavy atom. The van der Waals surface area contributed by atoms with Crippen molar-refractivity contribution in [1.29, 1.82) is 0 Å². The zero-order valence-electron chi connectivity index (χ0n) is 13.0. The van der Waals surface area contributed by atoms with E-state index in [1.165, 1.54) is 0 Å². The summed E-state index contributed by atoms with van der Waals surface area (Å²) in [5.74, 6) is 1.51. The Balaban J connectivity index is 0.00000121. The highest BCUT2D eigenvalue weighted by Crippen LogP contribution is 2.29. The second kappa shape index (κ2) is 8.18. The van der Waals surface area contributed by atoms with Crippen LogP contribution in [-0.2, 0) is 11.3 Å². The maximum Gasteiger partial charge on any atom is 0.226 e. The van der Waals surface area contributed by atoms with Crippen molar-refractivity contribution in [3.8, 4) is 0 Å². The molecule has 126 valence electrons. The van der Waals surface area contributed by atoms with Crippen molar-refractivity contribution in [2.24, 2.45) is 11.7 Å². The number of amides is 1. The first-order valence-electron chi connectivity index (χ1n) is 7.69. The van der Waals surface area contributed by atoms with E-state index >= 15 is 0 Å². The summed E-state index contributed by atoms with van der Waals surface area (Å²) in [5.41, 5.74) is 5.94. The van der Waals surface area contributed by atoms with Crippen LogP contribution in [-0.4, -0.2) is 39.0 Å². The van der Waals surface area contributed by atoms with Gasteiger partial charge in [-0.15, -0.1) is 24.8 Å². The van der Waals surface area contributed by atoms with Crippen molar-refractivity contribution in [3.05, 3.63) is 18.2 Å². The van der Waals surface area contributed by atoms with Crippen molar-refractivity contribution < 1.29 is 4.79 Å². The van der Waals surface area contributed by atoms with Crippen LogP contribution in [0.2, 0.25) is 0 Å². The Bertz CT molecular complexity index is 494. The third-order valence-corrected chi connectivity index (χ3v) is 4.81. The zero-order chi connectivity index (χ0) is 14.1. The summed E-state index contributed by atoms with van der Waals surface area (Å²) in [6.07, 6.45) is 8.87. The first-order chi connectivity index (χ1) is 9.65. The molecule has 1 aromatic heterocycles. The van der Waals surface area contributed by atoms with Gasteiger partial charge in [0.15, 0.2) is 0 Å². The monoisotopic (exact) mass is 348 g/mol. The molecule has 5 nitrogen and oxygen atoms in total. The number of hydrogen-bond acceptors (Lipinski definition) is 3. The van der Waals surface area contributed by atoms with Gasteiger partial charge in [0.2, 0.25) is 5.91 Å². The summed E-state index contributed by atoms with van der Waals surface area (Å²) in [6, 6.07) is 0.549. The molecule has 3 atom stereocenters. The standard InChI is InChI=1S/C15H24N4O.2ClH/c1-11-17-6-8-18(11)10-14-3-2-7-19(14)15(20)12-4-5-13(16)9-12;;/h6,8,12-14H,2-5,7,9-10,16H2,1H3;2*1H. The number of aromatic nitrogens is 2. The van der Waals surface area contributed by atoms with Gasteiger partial charge in [0, 0.05) is 43.5 Å². The largest absolute Gasteiger partial charge is 0.338 e. The van der Waals surface area contributed by atoms with Crippen molar-refractivity contribution >= 4 is 30.7 Å². The van der Waals surface area contributed by atoms with Gasteiger partial charge >= 0.3 is 0 Å². The van der Waals surface area contributed by atoms with Crippen LogP contribution in [0.1, 0.15) is 37.9 Å². The number of carbonyl (C=O) groups is 1. The molecule has 7 heteroatoms. The zero-order valence-corrected chi connectivity index (χ0v) is 14.6. The molecule has 1 aromatic rings. The molecule has 2 heterocycles. The molecular weight excluding hydrogens is 323 g/mol. The summed E-state index contributed by atoms with van der Waals surface area (Å²) < 4.78 is 2.15. The van der Waals surface area contributed by atoms with Gasteiger partial charge in [-0.2, -0.15) is 0 Å². The molecule has 2 fully saturated rings. The predicted octanol–water partition coefficient (Wildman–Crippen LogP) is 2.15. The van der Waals surface area contributed by atoms with Gasteiger partial charge in [-0.3, -0.25) is 4.79 Å². The lowest BCUT2D eigenvalue weighted by Crippen LogP contribution is -2.41. The third-order valence-electron chi connectivity index (χ3n) is 4.81. The molecule has 0 radical (unpaired) electrons. The molecule has 2 N–H and O–H groups in total. The topological polar surface area (TPSA) is 64.2 Å². The maximum absolute atomic E-state index is 12.7. The predicted molar refractivity (Wildman–Crippen MR) is 91.5 cm³/mol. The number of nitrogens with zero attached hydrogens (tertiary/aromatic N) is 3. The SMILES string of the molecule is Cc1nccn1CC1CCCN1C(=O)C1CCC(N)C1.Cl.Cl. The number of nitrogens with two attached hydrogens (primary N) is 1. The van der Waals surface area contributed by atoms with Gasteiger partial charge in [0.1, 0.15) is 5.82 Å². The minimum absolute atomic E-state index is 0. The third kappa shape index (κ3) is 3.94. The Hall–Kier alpha value is -0.780. The van der Waals surface area contributed by atoms with E-state index in [-0.39, 0.29) is 36.8 Å². The number of rotatable bonds is 3. The van der Waals surface area contributed by atoms with Crippen LogP contribution in [0.15, 0.2) is 12.4 Å². The molecule has 1 aliphatic carbocycles. The minimum atomic E-state index is 0. The quantitative estimate of drug-likeness (QED) is 0.910. The van der Waals surface area contributed by atoms with E-state index in [2.05, 4.69) is 14.5 Å². The fourth-order valence-electron chi connectivity index (χ4n) is 3.61. The molecule has 1 aliphatic heterocycles. The van der Waals surface area contributed by atoms with Crippen LogP contribution in [0.25, 0.3) is 0 Å². The van der Waals surface area contributed by atoms with E-state index in [0.717, 1.165) is 51.0 Å². The van der Waals surface area contributed by atoms with E-state index in [9.17, 15) is 4.79 Å². The molecular formula is C15H26Cl2N4O. The molecule has 3 unspecified atom stereocenters. The molecule has 1 saturated carbocycles. The highest BCUT2D eigenvalue weighted by Gasteiger charge is 2.36. The Morgan fingerprint density at radius 3 is 2.73 bits per heavy atom. The molecule has 2 aliphatic rings. The average Bonchev–Trinajstić information content (AvgIpc) is 3.13. The Morgan fingerprint density at radius 2 is 2.14 bits per heavy atom. The summed E-state index contributed by atoms with van der Waals surface area (Å²) in [5, 5.41) is 0. The van der Waals surface area contributed by atoms with Crippen LogP contribution < -0.4 is 5.73 Å². The Labute approximate surface area is 144 Å². The first-order valence-corrected chi connectivity index (χ1v) is 7.69. The van der Waals surface area contributed by atoms with E-state index < -0.39 is 0 Å². The number of likely N-dealkylation sites (tertiary alicyclic amines) is 1. The van der Waals surface area contributed by atoms with Gasteiger partial charge in [-0.25, -0.2) is 4.98 Å². The van der Waals surface area contributed by atoms with Crippen LogP contribution >= 0.6 is 24.8 Å². The van der Waals surface area contributed by atoms with Crippen molar-refractivity contribution in [2.75, 3.05) is 6.54 Å². The molecule has 3 rings (SSSR count). The summed E-state index contributed by atoms with van der Waals surface area (Å²) >= 11 is 0. The number of hydrogen-bond donors (Lipinski definition) is 1. The van der Waals surface area contributed by atoms with E-state index in [1.807, 2.05) is 19.3 Å². The van der Waals surface area contributed by atoms with Crippen molar-refractivity contribution in [1.82, 2.24) is 14.5 Å². The highest BCUT2D eigenvalue weighted by atomic mass is 35.5. The van der Waals surface area contributed by atoms with Crippen LogP contribution in [0.4, 0.5) is 0 Å². The molecule has 1 saturated heterocycles. The van der Waals surface area contributed by atoms with Crippen molar-refractivity contribution in [2.45, 2.75) is 57.7 Å². The van der Waals surface area contributed by atoms with Gasteiger partial charge < -0.3 is 15.2 Å².